The number of hydrogen-bond acceptors (Lipinski definition) is 5. The lowest BCUT2D eigenvalue weighted by Gasteiger charge is -2.03. The van der Waals surface area contributed by atoms with Crippen molar-refractivity contribution in [1.29, 1.82) is 0 Å². The van der Waals surface area contributed by atoms with Gasteiger partial charge in [0.1, 0.15) is 5.01 Å². The second-order valence-corrected chi connectivity index (χ2v) is 4.50. The quantitative estimate of drug-likeness (QED) is 0.850. The Bertz CT molecular complexity index is 563. The van der Waals surface area contributed by atoms with E-state index in [9.17, 15) is 9.90 Å². The van der Waals surface area contributed by atoms with Crippen LogP contribution in [-0.2, 0) is 0 Å². The number of hydrogen-bond donors (Lipinski definition) is 1. The Labute approximate surface area is 103 Å². The van der Waals surface area contributed by atoms with Crippen LogP contribution in [0.4, 0.5) is 0 Å². The average Bonchev–Trinajstić information content (AvgIpc) is 2.78. The molecule has 0 bridgehead atoms. The van der Waals surface area contributed by atoms with Crippen LogP contribution in [0.15, 0.2) is 24.4 Å². The summed E-state index contributed by atoms with van der Waals surface area (Å²) in [6, 6.07) is 5.03. The highest BCUT2D eigenvalue weighted by atomic mass is 32.1. The van der Waals surface area contributed by atoms with E-state index in [0.29, 0.717) is 15.6 Å². The molecule has 0 amide bonds. The summed E-state index contributed by atoms with van der Waals surface area (Å²) in [5.74, 6) is 0.466. The van der Waals surface area contributed by atoms with Gasteiger partial charge < -0.3 is 9.84 Å². The van der Waals surface area contributed by atoms with Gasteiger partial charge in [-0.25, -0.2) is 4.98 Å². The third-order valence-electron chi connectivity index (χ3n) is 2.28. The van der Waals surface area contributed by atoms with Crippen LogP contribution in [0.5, 0.6) is 11.5 Å². The molecule has 5 heteroatoms. The van der Waals surface area contributed by atoms with Gasteiger partial charge in [-0.1, -0.05) is 0 Å². The molecule has 1 aromatic carbocycles. The van der Waals surface area contributed by atoms with Gasteiger partial charge in [-0.15, -0.1) is 11.3 Å². The summed E-state index contributed by atoms with van der Waals surface area (Å²) >= 11 is 1.30. The van der Waals surface area contributed by atoms with E-state index >= 15 is 0 Å². The normalized spacial score (nSPS) is 10.2. The number of methoxy groups -OCH3 is 1. The smallest absolute Gasteiger partial charge is 0.171 e. The van der Waals surface area contributed by atoms with E-state index < -0.39 is 0 Å². The number of carbonyl (C=O) groups excluding carboxylic acids is 1. The van der Waals surface area contributed by atoms with Crippen molar-refractivity contribution in [3.63, 3.8) is 0 Å². The maximum absolute atomic E-state index is 11.2. The van der Waals surface area contributed by atoms with Crippen LogP contribution in [0.2, 0.25) is 0 Å². The first kappa shape index (κ1) is 11.6. The Morgan fingerprint density at radius 1 is 1.47 bits per heavy atom. The average molecular weight is 249 g/mol. The minimum atomic E-state index is -0.00789. The van der Waals surface area contributed by atoms with E-state index in [0.717, 1.165) is 5.56 Å². The predicted molar refractivity (Wildman–Crippen MR) is 65.8 cm³/mol. The van der Waals surface area contributed by atoms with Crippen LogP contribution >= 0.6 is 11.3 Å². The zero-order valence-corrected chi connectivity index (χ0v) is 10.2. The van der Waals surface area contributed by atoms with Crippen molar-refractivity contribution in [2.45, 2.75) is 6.92 Å². The van der Waals surface area contributed by atoms with Crippen LogP contribution in [0.25, 0.3) is 10.6 Å². The van der Waals surface area contributed by atoms with E-state index in [2.05, 4.69) is 4.98 Å². The second kappa shape index (κ2) is 4.55. The topological polar surface area (TPSA) is 59.4 Å². The molecule has 0 fully saturated rings. The molecule has 2 rings (SSSR count). The first-order chi connectivity index (χ1) is 8.11. The molecular weight excluding hydrogens is 238 g/mol. The number of carbonyl (C=O) groups is 1. The number of aromatic nitrogens is 1. The molecule has 0 unspecified atom stereocenters. The minimum absolute atomic E-state index is 0.00789. The highest BCUT2D eigenvalue weighted by molar-refractivity contribution is 7.16. The monoisotopic (exact) mass is 249 g/mol. The van der Waals surface area contributed by atoms with E-state index in [1.165, 1.54) is 25.4 Å². The first-order valence-electron chi connectivity index (χ1n) is 4.96. The van der Waals surface area contributed by atoms with Crippen molar-refractivity contribution in [3.05, 3.63) is 29.3 Å². The van der Waals surface area contributed by atoms with Crippen LogP contribution < -0.4 is 4.74 Å². The van der Waals surface area contributed by atoms with Gasteiger partial charge >= 0.3 is 0 Å². The molecule has 4 nitrogen and oxygen atoms in total. The lowest BCUT2D eigenvalue weighted by molar-refractivity contribution is 0.102. The van der Waals surface area contributed by atoms with E-state index in [1.54, 1.807) is 24.4 Å². The molecule has 0 aliphatic rings. The Balaban J connectivity index is 2.39. The standard InChI is InChI=1S/C12H11NO3S/c1-7(14)11-6-13-12(17-11)8-3-4-10(16-2)9(15)5-8/h3-6,15H,1-2H3. The number of thiazole rings is 1. The SMILES string of the molecule is COc1ccc(-c2ncc(C(C)=O)s2)cc1O. The summed E-state index contributed by atoms with van der Waals surface area (Å²) in [6.07, 6.45) is 1.55. The number of ketones is 1. The van der Waals surface area contributed by atoms with Crippen LogP contribution in [0, 0.1) is 0 Å². The highest BCUT2D eigenvalue weighted by Gasteiger charge is 2.10. The van der Waals surface area contributed by atoms with Gasteiger partial charge in [0.05, 0.1) is 12.0 Å². The summed E-state index contributed by atoms with van der Waals surface area (Å²) in [4.78, 5) is 15.9. The molecule has 0 saturated heterocycles. The number of nitrogens with zero attached hydrogens (tertiary/aromatic N) is 1. The number of ether oxygens (including phenoxy) is 1. The molecule has 1 aromatic heterocycles. The summed E-state index contributed by atoms with van der Waals surface area (Å²) in [5.41, 5.74) is 0.765. The van der Waals surface area contributed by atoms with Crippen molar-refractivity contribution in [2.24, 2.45) is 0 Å². The van der Waals surface area contributed by atoms with E-state index in [-0.39, 0.29) is 11.5 Å². The Hall–Kier alpha value is -1.88. The lowest BCUT2D eigenvalue weighted by Crippen LogP contribution is -1.84. The molecule has 0 radical (unpaired) electrons. The van der Waals surface area contributed by atoms with Gasteiger partial charge in [-0.2, -0.15) is 0 Å². The van der Waals surface area contributed by atoms with Crippen molar-refractivity contribution in [2.75, 3.05) is 7.11 Å². The number of rotatable bonds is 3. The van der Waals surface area contributed by atoms with Gasteiger partial charge in [-0.3, -0.25) is 4.79 Å². The Morgan fingerprint density at radius 2 is 2.24 bits per heavy atom. The fraction of sp³-hybridized carbons (Fsp3) is 0.167. The van der Waals surface area contributed by atoms with Gasteiger partial charge in [0.15, 0.2) is 17.3 Å². The van der Waals surface area contributed by atoms with Crippen LogP contribution in [-0.4, -0.2) is 23.0 Å². The fourth-order valence-electron chi connectivity index (χ4n) is 1.39. The van der Waals surface area contributed by atoms with Gasteiger partial charge in [0.2, 0.25) is 0 Å². The van der Waals surface area contributed by atoms with Crippen LogP contribution in [0.1, 0.15) is 16.6 Å². The zero-order chi connectivity index (χ0) is 12.4. The Morgan fingerprint density at radius 3 is 2.76 bits per heavy atom. The molecule has 88 valence electrons. The highest BCUT2D eigenvalue weighted by Crippen LogP contribution is 2.33. The van der Waals surface area contributed by atoms with Gasteiger partial charge in [0, 0.05) is 18.7 Å². The second-order valence-electron chi connectivity index (χ2n) is 3.47. The van der Waals surface area contributed by atoms with Crippen molar-refractivity contribution in [1.82, 2.24) is 4.98 Å². The van der Waals surface area contributed by atoms with Gasteiger partial charge in [-0.05, 0) is 18.2 Å². The molecule has 0 spiro atoms. The zero-order valence-electron chi connectivity index (χ0n) is 9.43. The van der Waals surface area contributed by atoms with Crippen molar-refractivity contribution >= 4 is 17.1 Å². The van der Waals surface area contributed by atoms with Crippen molar-refractivity contribution < 1.29 is 14.6 Å². The van der Waals surface area contributed by atoms with Crippen molar-refractivity contribution in [3.8, 4) is 22.1 Å². The lowest BCUT2D eigenvalue weighted by atomic mass is 10.2. The molecular formula is C12H11NO3S. The molecule has 0 aliphatic carbocycles. The summed E-state index contributed by atoms with van der Waals surface area (Å²) in [5, 5.41) is 10.4. The maximum atomic E-state index is 11.2. The minimum Gasteiger partial charge on any atom is -0.504 e. The molecule has 2 aromatic rings. The molecule has 0 aliphatic heterocycles. The largest absolute Gasteiger partial charge is 0.504 e. The van der Waals surface area contributed by atoms with E-state index in [4.69, 9.17) is 4.74 Å². The maximum Gasteiger partial charge on any atom is 0.171 e. The van der Waals surface area contributed by atoms with Gasteiger partial charge in [0.25, 0.3) is 0 Å². The number of phenolic OH excluding ortho intramolecular Hbond substituents is 1. The van der Waals surface area contributed by atoms with E-state index in [1.807, 2.05) is 0 Å². The molecule has 1 heterocycles. The number of phenols is 1. The number of benzene rings is 1. The molecule has 1 N–H and O–H groups in total. The molecule has 0 saturated carbocycles. The predicted octanol–water partition coefficient (Wildman–Crippen LogP) is 2.73. The summed E-state index contributed by atoms with van der Waals surface area (Å²) in [7, 11) is 1.49. The number of Topliss-reactive ketones (excluding diaryl/α,β-unsaturated/α-hetero) is 1. The summed E-state index contributed by atoms with van der Waals surface area (Å²) < 4.78 is 4.96. The number of aromatic hydroxyl groups is 1. The van der Waals surface area contributed by atoms with Crippen LogP contribution in [0.3, 0.4) is 0 Å². The molecule has 17 heavy (non-hydrogen) atoms. The summed E-state index contributed by atoms with van der Waals surface area (Å²) in [6.45, 7) is 1.50. The fourth-order valence-corrected chi connectivity index (χ4v) is 2.20. The third kappa shape index (κ3) is 2.29. The molecule has 0 atom stereocenters. The Kier molecular flexibility index (Phi) is 3.10. The third-order valence-corrected chi connectivity index (χ3v) is 3.43. The first-order valence-corrected chi connectivity index (χ1v) is 5.77.